The van der Waals surface area contributed by atoms with Crippen LogP contribution < -0.4 is 5.32 Å². The quantitative estimate of drug-likeness (QED) is 0.721. The van der Waals surface area contributed by atoms with Gasteiger partial charge in [-0.3, -0.25) is 9.59 Å². The van der Waals surface area contributed by atoms with E-state index in [2.05, 4.69) is 10.3 Å². The lowest BCUT2D eigenvalue weighted by Gasteiger charge is -2.23. The molecule has 0 saturated carbocycles. The van der Waals surface area contributed by atoms with E-state index in [1.165, 1.54) is 0 Å². The molecule has 0 atom stereocenters. The predicted octanol–water partition coefficient (Wildman–Crippen LogP) is 2.68. The summed E-state index contributed by atoms with van der Waals surface area (Å²) in [7, 11) is 0. The number of hydrogen-bond acceptors (Lipinski definition) is 2. The summed E-state index contributed by atoms with van der Waals surface area (Å²) in [4.78, 5) is 25.0. The second-order valence-electron chi connectivity index (χ2n) is 5.30. The van der Waals surface area contributed by atoms with Crippen LogP contribution in [0.4, 0.5) is 0 Å². The van der Waals surface area contributed by atoms with Gasteiger partial charge >= 0.3 is 5.97 Å². The molecule has 0 unspecified atom stereocenters. The molecule has 0 aliphatic carbocycles. The molecular formula is C13H19ClN2O3. The zero-order valence-electron chi connectivity index (χ0n) is 11.1. The summed E-state index contributed by atoms with van der Waals surface area (Å²) < 4.78 is 0. The zero-order chi connectivity index (χ0) is 14.5. The first-order valence-electron chi connectivity index (χ1n) is 6.14. The minimum Gasteiger partial charge on any atom is -0.481 e. The van der Waals surface area contributed by atoms with Crippen molar-refractivity contribution in [2.24, 2.45) is 5.41 Å². The minimum absolute atomic E-state index is 0.112. The van der Waals surface area contributed by atoms with E-state index in [0.29, 0.717) is 23.7 Å². The number of carbonyl (C=O) groups is 2. The van der Waals surface area contributed by atoms with Gasteiger partial charge in [0.05, 0.1) is 5.02 Å². The number of H-pyrrole nitrogens is 1. The molecule has 3 N–H and O–H groups in total. The molecule has 0 aromatic carbocycles. The molecule has 0 spiro atoms. The highest BCUT2D eigenvalue weighted by atomic mass is 35.5. The summed E-state index contributed by atoms with van der Waals surface area (Å²) in [6.07, 6.45) is 3.01. The van der Waals surface area contributed by atoms with Crippen LogP contribution in [-0.2, 0) is 4.79 Å². The van der Waals surface area contributed by atoms with Gasteiger partial charge in [-0.1, -0.05) is 25.4 Å². The van der Waals surface area contributed by atoms with Crippen LogP contribution >= 0.6 is 11.6 Å². The molecule has 0 aliphatic rings. The number of rotatable bonds is 7. The van der Waals surface area contributed by atoms with E-state index in [9.17, 15) is 9.59 Å². The van der Waals surface area contributed by atoms with Crippen molar-refractivity contribution in [1.29, 1.82) is 0 Å². The van der Waals surface area contributed by atoms with Crippen molar-refractivity contribution in [2.45, 2.75) is 33.1 Å². The largest absolute Gasteiger partial charge is 0.481 e. The van der Waals surface area contributed by atoms with Gasteiger partial charge in [0.2, 0.25) is 0 Å². The molecule has 1 aromatic heterocycles. The van der Waals surface area contributed by atoms with Crippen molar-refractivity contribution < 1.29 is 14.7 Å². The van der Waals surface area contributed by atoms with Crippen molar-refractivity contribution >= 4 is 23.5 Å². The Hall–Kier alpha value is -1.49. The summed E-state index contributed by atoms with van der Waals surface area (Å²) in [6, 6.07) is 1.56. The number of aromatic amines is 1. The van der Waals surface area contributed by atoms with Crippen LogP contribution in [0.1, 0.15) is 43.6 Å². The van der Waals surface area contributed by atoms with Crippen molar-refractivity contribution in [3.8, 4) is 0 Å². The summed E-state index contributed by atoms with van der Waals surface area (Å²) in [5.74, 6) is -1.00. The standard InChI is InChI=1S/C13H19ClN2O3/c1-13(2,4-3-11(17)18)5-6-15-12(19)10-7-9(14)8-16-10/h7-8,16H,3-6H2,1-2H3,(H,15,19)(H,17,18). The molecule has 0 saturated heterocycles. The van der Waals surface area contributed by atoms with Gasteiger partial charge in [-0.2, -0.15) is 0 Å². The molecule has 0 fully saturated rings. The van der Waals surface area contributed by atoms with Crippen LogP contribution in [0.15, 0.2) is 12.3 Å². The lowest BCUT2D eigenvalue weighted by Crippen LogP contribution is -2.28. The fraction of sp³-hybridized carbons (Fsp3) is 0.538. The highest BCUT2D eigenvalue weighted by molar-refractivity contribution is 6.30. The van der Waals surface area contributed by atoms with Crippen molar-refractivity contribution in [1.82, 2.24) is 10.3 Å². The molecule has 6 heteroatoms. The number of carbonyl (C=O) groups excluding carboxylic acids is 1. The van der Waals surface area contributed by atoms with Crippen LogP contribution in [0.3, 0.4) is 0 Å². The summed E-state index contributed by atoms with van der Waals surface area (Å²) >= 11 is 5.72. The lowest BCUT2D eigenvalue weighted by atomic mass is 9.84. The first-order valence-corrected chi connectivity index (χ1v) is 6.52. The van der Waals surface area contributed by atoms with Crippen LogP contribution in [0.25, 0.3) is 0 Å². The van der Waals surface area contributed by atoms with Gasteiger partial charge in [-0.25, -0.2) is 0 Å². The Balaban J connectivity index is 2.33. The van der Waals surface area contributed by atoms with Crippen molar-refractivity contribution in [3.63, 3.8) is 0 Å². The average molecular weight is 287 g/mol. The second-order valence-corrected chi connectivity index (χ2v) is 5.73. The van der Waals surface area contributed by atoms with E-state index < -0.39 is 5.97 Å². The number of hydrogen-bond donors (Lipinski definition) is 3. The molecular weight excluding hydrogens is 268 g/mol. The lowest BCUT2D eigenvalue weighted by molar-refractivity contribution is -0.137. The highest BCUT2D eigenvalue weighted by Crippen LogP contribution is 2.26. The summed E-state index contributed by atoms with van der Waals surface area (Å²) in [6.45, 7) is 4.49. The van der Waals surface area contributed by atoms with Gasteiger partial charge in [0.1, 0.15) is 5.69 Å². The van der Waals surface area contributed by atoms with E-state index in [1.54, 1.807) is 12.3 Å². The SMILES string of the molecule is CC(C)(CCNC(=O)c1cc(Cl)c[nH]1)CCC(=O)O. The van der Waals surface area contributed by atoms with E-state index in [-0.39, 0.29) is 17.7 Å². The first-order chi connectivity index (χ1) is 8.80. The van der Waals surface area contributed by atoms with Crippen LogP contribution in [-0.4, -0.2) is 28.5 Å². The molecule has 19 heavy (non-hydrogen) atoms. The van der Waals surface area contributed by atoms with Crippen LogP contribution in [0.5, 0.6) is 0 Å². The van der Waals surface area contributed by atoms with Gasteiger partial charge in [-0.05, 0) is 24.3 Å². The monoisotopic (exact) mass is 286 g/mol. The maximum absolute atomic E-state index is 11.7. The molecule has 5 nitrogen and oxygen atoms in total. The Labute approximate surface area is 117 Å². The fourth-order valence-electron chi connectivity index (χ4n) is 1.68. The number of aromatic nitrogens is 1. The van der Waals surface area contributed by atoms with E-state index in [4.69, 9.17) is 16.7 Å². The molecule has 1 rings (SSSR count). The van der Waals surface area contributed by atoms with E-state index in [0.717, 1.165) is 6.42 Å². The van der Waals surface area contributed by atoms with Gasteiger partial charge in [0.25, 0.3) is 5.91 Å². The Bertz CT molecular complexity index is 454. The molecule has 106 valence electrons. The van der Waals surface area contributed by atoms with E-state index in [1.807, 2.05) is 13.8 Å². The number of carboxylic acid groups (broad SMARTS) is 1. The topological polar surface area (TPSA) is 82.2 Å². The van der Waals surface area contributed by atoms with E-state index >= 15 is 0 Å². The Kier molecular flexibility index (Phi) is 5.42. The molecule has 1 aromatic rings. The third-order valence-electron chi connectivity index (χ3n) is 3.00. The maximum atomic E-state index is 11.7. The highest BCUT2D eigenvalue weighted by Gasteiger charge is 2.19. The molecule has 0 aliphatic heterocycles. The summed E-state index contributed by atoms with van der Waals surface area (Å²) in [5, 5.41) is 11.9. The molecule has 0 radical (unpaired) electrons. The Morgan fingerprint density at radius 2 is 2.11 bits per heavy atom. The Morgan fingerprint density at radius 3 is 2.63 bits per heavy atom. The number of nitrogens with one attached hydrogen (secondary N) is 2. The minimum atomic E-state index is -0.793. The number of halogens is 1. The first kappa shape index (κ1) is 15.6. The second kappa shape index (κ2) is 6.61. The number of aliphatic carboxylic acids is 1. The Morgan fingerprint density at radius 1 is 1.42 bits per heavy atom. The molecule has 1 heterocycles. The average Bonchev–Trinajstić information content (AvgIpc) is 2.73. The summed E-state index contributed by atoms with van der Waals surface area (Å²) in [5.41, 5.74) is 0.312. The van der Waals surface area contributed by atoms with Crippen LogP contribution in [0.2, 0.25) is 5.02 Å². The molecule has 1 amide bonds. The third kappa shape index (κ3) is 5.79. The predicted molar refractivity (Wildman–Crippen MR) is 73.4 cm³/mol. The van der Waals surface area contributed by atoms with Gasteiger partial charge < -0.3 is 15.4 Å². The maximum Gasteiger partial charge on any atom is 0.303 e. The normalized spacial score (nSPS) is 11.3. The van der Waals surface area contributed by atoms with Crippen LogP contribution in [0, 0.1) is 5.41 Å². The number of amides is 1. The molecule has 0 bridgehead atoms. The fourth-order valence-corrected chi connectivity index (χ4v) is 1.84. The van der Waals surface area contributed by atoms with Gasteiger partial charge in [0, 0.05) is 19.2 Å². The smallest absolute Gasteiger partial charge is 0.303 e. The third-order valence-corrected chi connectivity index (χ3v) is 3.21. The van der Waals surface area contributed by atoms with Gasteiger partial charge in [0.15, 0.2) is 0 Å². The van der Waals surface area contributed by atoms with Gasteiger partial charge in [-0.15, -0.1) is 0 Å². The zero-order valence-corrected chi connectivity index (χ0v) is 11.9. The van der Waals surface area contributed by atoms with Crippen molar-refractivity contribution in [3.05, 3.63) is 23.0 Å². The number of carboxylic acids is 1. The van der Waals surface area contributed by atoms with Crippen molar-refractivity contribution in [2.75, 3.05) is 6.54 Å².